The van der Waals surface area contributed by atoms with Crippen LogP contribution in [0.15, 0.2) is 22.2 Å². The number of carboxylic acids is 1. The van der Waals surface area contributed by atoms with E-state index in [-0.39, 0.29) is 5.56 Å². The highest BCUT2D eigenvalue weighted by Gasteiger charge is 2.13. The zero-order chi connectivity index (χ0) is 12.3. The van der Waals surface area contributed by atoms with E-state index < -0.39 is 5.97 Å². The number of hydrogen-bond donors (Lipinski definition) is 1. The van der Waals surface area contributed by atoms with Gasteiger partial charge < -0.3 is 9.52 Å². The van der Waals surface area contributed by atoms with Crippen molar-refractivity contribution in [2.45, 2.75) is 17.9 Å². The van der Waals surface area contributed by atoms with Crippen LogP contribution in [-0.4, -0.2) is 31.2 Å². The Labute approximate surface area is 100 Å². The van der Waals surface area contributed by atoms with Crippen molar-refractivity contribution in [2.75, 3.05) is 0 Å². The summed E-state index contributed by atoms with van der Waals surface area (Å²) in [6.45, 7) is 1.68. The number of rotatable bonds is 4. The van der Waals surface area contributed by atoms with Crippen LogP contribution in [0.2, 0.25) is 0 Å². The number of aromatic carboxylic acids is 1. The number of thioether (sulfide) groups is 1. The van der Waals surface area contributed by atoms with Crippen molar-refractivity contribution in [1.82, 2.24) is 20.2 Å². The highest BCUT2D eigenvalue weighted by Crippen LogP contribution is 2.21. The molecule has 0 aromatic carbocycles. The third-order valence-electron chi connectivity index (χ3n) is 1.87. The molecule has 0 unspecified atom stereocenters. The number of carbonyl (C=O) groups is 1. The zero-order valence-corrected chi connectivity index (χ0v) is 9.64. The van der Waals surface area contributed by atoms with E-state index in [9.17, 15) is 4.79 Å². The van der Waals surface area contributed by atoms with Gasteiger partial charge in [-0.1, -0.05) is 11.8 Å². The molecule has 0 aliphatic heterocycles. The van der Waals surface area contributed by atoms with Crippen molar-refractivity contribution < 1.29 is 14.3 Å². The molecule has 0 radical (unpaired) electrons. The van der Waals surface area contributed by atoms with Gasteiger partial charge in [-0.05, 0) is 0 Å². The fraction of sp³-hybridized carbons (Fsp3) is 0.222. The van der Waals surface area contributed by atoms with Gasteiger partial charge in [-0.3, -0.25) is 0 Å². The van der Waals surface area contributed by atoms with Crippen LogP contribution in [0.3, 0.4) is 0 Å². The average Bonchev–Trinajstić information content (AvgIpc) is 2.73. The van der Waals surface area contributed by atoms with Gasteiger partial charge in [0.1, 0.15) is 11.9 Å². The minimum Gasteiger partial charge on any atom is -0.478 e. The Balaban J connectivity index is 2.11. The third-order valence-corrected chi connectivity index (χ3v) is 2.69. The summed E-state index contributed by atoms with van der Waals surface area (Å²) < 4.78 is 5.16. The zero-order valence-electron chi connectivity index (χ0n) is 8.82. The summed E-state index contributed by atoms with van der Waals surface area (Å²) in [6.07, 6.45) is 2.58. The topological polar surface area (TPSA) is 102 Å². The van der Waals surface area contributed by atoms with E-state index in [1.54, 1.807) is 6.92 Å². The predicted octanol–water partition coefficient (Wildman–Crippen LogP) is 1.16. The maximum Gasteiger partial charge on any atom is 0.339 e. The number of nitrogens with zero attached hydrogens (tertiary/aromatic N) is 4. The van der Waals surface area contributed by atoms with Crippen LogP contribution in [0.1, 0.15) is 21.9 Å². The average molecular weight is 252 g/mol. The van der Waals surface area contributed by atoms with E-state index in [2.05, 4.69) is 20.2 Å². The molecule has 0 saturated heterocycles. The quantitative estimate of drug-likeness (QED) is 0.808. The molecule has 0 aliphatic rings. The number of carboxylic acid groups (broad SMARTS) is 1. The summed E-state index contributed by atoms with van der Waals surface area (Å²) in [5, 5.41) is 16.8. The monoisotopic (exact) mass is 252 g/mol. The molecule has 0 aliphatic carbocycles. The Morgan fingerprint density at radius 3 is 3.00 bits per heavy atom. The van der Waals surface area contributed by atoms with Gasteiger partial charge >= 0.3 is 5.97 Å². The largest absolute Gasteiger partial charge is 0.478 e. The fourth-order valence-electron chi connectivity index (χ4n) is 1.12. The molecule has 7 nitrogen and oxygen atoms in total. The van der Waals surface area contributed by atoms with Crippen molar-refractivity contribution in [2.24, 2.45) is 0 Å². The SMILES string of the molecule is Cc1nnc(SCc2ncncc2C(=O)O)o1. The molecule has 2 rings (SSSR count). The van der Waals surface area contributed by atoms with Gasteiger partial charge in [-0.25, -0.2) is 14.8 Å². The van der Waals surface area contributed by atoms with Crippen molar-refractivity contribution in [3.05, 3.63) is 29.7 Å². The van der Waals surface area contributed by atoms with Gasteiger partial charge in [0.25, 0.3) is 5.22 Å². The molecular formula is C9H8N4O3S. The molecule has 2 aromatic heterocycles. The van der Waals surface area contributed by atoms with Gasteiger partial charge in [0.05, 0.1) is 5.69 Å². The molecule has 8 heteroatoms. The van der Waals surface area contributed by atoms with Gasteiger partial charge in [-0.2, -0.15) is 0 Å². The Morgan fingerprint density at radius 1 is 1.53 bits per heavy atom. The molecule has 1 N–H and O–H groups in total. The number of hydrogen-bond acceptors (Lipinski definition) is 7. The molecule has 0 saturated carbocycles. The highest BCUT2D eigenvalue weighted by atomic mass is 32.2. The van der Waals surface area contributed by atoms with Crippen molar-refractivity contribution >= 4 is 17.7 Å². The molecular weight excluding hydrogens is 244 g/mol. The second-order valence-corrected chi connectivity index (χ2v) is 3.99. The molecule has 2 aromatic rings. The Kier molecular flexibility index (Phi) is 3.33. The molecule has 0 atom stereocenters. The van der Waals surface area contributed by atoms with E-state index >= 15 is 0 Å². The summed E-state index contributed by atoms with van der Waals surface area (Å²) in [5.41, 5.74) is 0.504. The molecule has 17 heavy (non-hydrogen) atoms. The lowest BCUT2D eigenvalue weighted by Gasteiger charge is -2.01. The lowest BCUT2D eigenvalue weighted by atomic mass is 10.2. The first-order chi connectivity index (χ1) is 8.16. The highest BCUT2D eigenvalue weighted by molar-refractivity contribution is 7.98. The number of aryl methyl sites for hydroxylation is 1. The first-order valence-corrected chi connectivity index (χ1v) is 5.60. The first-order valence-electron chi connectivity index (χ1n) is 4.62. The van der Waals surface area contributed by atoms with E-state index in [1.807, 2.05) is 0 Å². The van der Waals surface area contributed by atoms with Crippen molar-refractivity contribution in [1.29, 1.82) is 0 Å². The van der Waals surface area contributed by atoms with Crippen LogP contribution in [0.5, 0.6) is 0 Å². The van der Waals surface area contributed by atoms with Crippen LogP contribution in [0.4, 0.5) is 0 Å². The summed E-state index contributed by atoms with van der Waals surface area (Å²) in [6, 6.07) is 0. The van der Waals surface area contributed by atoms with Crippen molar-refractivity contribution in [3.8, 4) is 0 Å². The van der Waals surface area contributed by atoms with E-state index in [1.165, 1.54) is 24.3 Å². The van der Waals surface area contributed by atoms with Gasteiger partial charge in [-0.15, -0.1) is 10.2 Å². The Hall–Kier alpha value is -1.96. The Bertz CT molecular complexity index is 543. The lowest BCUT2D eigenvalue weighted by molar-refractivity contribution is 0.0695. The van der Waals surface area contributed by atoms with Crippen LogP contribution in [-0.2, 0) is 5.75 Å². The van der Waals surface area contributed by atoms with Crippen LogP contribution < -0.4 is 0 Å². The van der Waals surface area contributed by atoms with Crippen LogP contribution in [0.25, 0.3) is 0 Å². The Morgan fingerprint density at radius 2 is 2.35 bits per heavy atom. The minimum absolute atomic E-state index is 0.0798. The molecule has 0 fully saturated rings. The second-order valence-electron chi connectivity index (χ2n) is 3.06. The van der Waals surface area contributed by atoms with Crippen LogP contribution >= 0.6 is 11.8 Å². The predicted molar refractivity (Wildman–Crippen MR) is 57.6 cm³/mol. The lowest BCUT2D eigenvalue weighted by Crippen LogP contribution is -2.04. The van der Waals surface area contributed by atoms with Gasteiger partial charge in [0.2, 0.25) is 5.89 Å². The van der Waals surface area contributed by atoms with Gasteiger partial charge in [0, 0.05) is 18.9 Å². The maximum atomic E-state index is 10.9. The van der Waals surface area contributed by atoms with Gasteiger partial charge in [0.15, 0.2) is 0 Å². The molecule has 2 heterocycles. The summed E-state index contributed by atoms with van der Waals surface area (Å²) in [7, 11) is 0. The molecule has 0 amide bonds. The van der Waals surface area contributed by atoms with E-state index in [4.69, 9.17) is 9.52 Å². The first kappa shape index (κ1) is 11.5. The standard InChI is InChI=1S/C9H8N4O3S/c1-5-12-13-9(16-5)17-3-7-6(8(14)15)2-10-4-11-7/h2,4H,3H2,1H3,(H,14,15). The fourth-order valence-corrected chi connectivity index (χ4v) is 1.88. The summed E-state index contributed by atoms with van der Waals surface area (Å²) in [5.74, 6) is -0.247. The third kappa shape index (κ3) is 2.78. The van der Waals surface area contributed by atoms with E-state index in [0.717, 1.165) is 0 Å². The minimum atomic E-state index is -1.05. The number of aromatic nitrogens is 4. The summed E-state index contributed by atoms with van der Waals surface area (Å²) >= 11 is 1.23. The molecule has 0 spiro atoms. The normalized spacial score (nSPS) is 10.4. The summed E-state index contributed by atoms with van der Waals surface area (Å²) in [4.78, 5) is 18.5. The smallest absolute Gasteiger partial charge is 0.339 e. The van der Waals surface area contributed by atoms with Crippen molar-refractivity contribution in [3.63, 3.8) is 0 Å². The van der Waals surface area contributed by atoms with Crippen LogP contribution in [0, 0.1) is 6.92 Å². The van der Waals surface area contributed by atoms with E-state index in [0.29, 0.717) is 22.6 Å². The molecule has 88 valence electrons. The maximum absolute atomic E-state index is 10.9. The second kappa shape index (κ2) is 4.91. The molecule has 0 bridgehead atoms.